The van der Waals surface area contributed by atoms with Crippen LogP contribution in [0.25, 0.3) is 11.0 Å². The van der Waals surface area contributed by atoms with Crippen molar-refractivity contribution in [3.05, 3.63) is 54.1 Å². The number of ether oxygens (including phenoxy) is 1. The fourth-order valence-corrected chi connectivity index (χ4v) is 2.83. The lowest BCUT2D eigenvalue weighted by atomic mass is 10.2. The minimum Gasteiger partial charge on any atom is -0.452 e. The Morgan fingerprint density at radius 1 is 1.08 bits per heavy atom. The zero-order valence-electron chi connectivity index (χ0n) is 13.0. The monoisotopic (exact) mass is 341 g/mol. The van der Waals surface area contributed by atoms with Crippen LogP contribution in [0.2, 0.25) is 0 Å². The average molecular weight is 341 g/mol. The lowest BCUT2D eigenvalue weighted by Gasteiger charge is -2.20. The second-order valence-corrected chi connectivity index (χ2v) is 5.55. The van der Waals surface area contributed by atoms with Gasteiger partial charge in [-0.25, -0.2) is 4.79 Å². The Hall–Kier alpha value is -2.80. The van der Waals surface area contributed by atoms with Crippen molar-refractivity contribution in [3.8, 4) is 0 Å². The molecule has 1 heterocycles. The van der Waals surface area contributed by atoms with Gasteiger partial charge in [-0.2, -0.15) is 8.75 Å². The number of likely N-dealkylation sites (N-methyl/N-ethyl adjacent to an activating group) is 1. The molecule has 0 aliphatic heterocycles. The van der Waals surface area contributed by atoms with Crippen LogP contribution in [0.1, 0.15) is 17.3 Å². The molecule has 2 aromatic carbocycles. The van der Waals surface area contributed by atoms with Gasteiger partial charge in [0.15, 0.2) is 6.61 Å². The van der Waals surface area contributed by atoms with Gasteiger partial charge in [-0.1, -0.05) is 18.2 Å². The van der Waals surface area contributed by atoms with E-state index in [2.05, 4.69) is 8.75 Å². The van der Waals surface area contributed by atoms with Crippen molar-refractivity contribution < 1.29 is 14.3 Å². The van der Waals surface area contributed by atoms with Crippen LogP contribution in [-0.4, -0.2) is 33.8 Å². The Kier molecular flexibility index (Phi) is 4.81. The molecule has 0 radical (unpaired) electrons. The number of rotatable bonds is 5. The van der Waals surface area contributed by atoms with Crippen LogP contribution in [0.5, 0.6) is 0 Å². The number of nitrogens with zero attached hydrogens (tertiary/aromatic N) is 3. The van der Waals surface area contributed by atoms with E-state index < -0.39 is 5.97 Å². The van der Waals surface area contributed by atoms with Gasteiger partial charge in [0.25, 0.3) is 5.91 Å². The molecule has 1 amide bonds. The summed E-state index contributed by atoms with van der Waals surface area (Å²) in [4.78, 5) is 26.0. The molecule has 24 heavy (non-hydrogen) atoms. The predicted octanol–water partition coefficient (Wildman–Crippen LogP) is 2.90. The summed E-state index contributed by atoms with van der Waals surface area (Å²) in [6.45, 7) is 2.06. The lowest BCUT2D eigenvalue weighted by Crippen LogP contribution is -2.34. The van der Waals surface area contributed by atoms with Crippen LogP contribution in [0.15, 0.2) is 48.5 Å². The van der Waals surface area contributed by atoms with Gasteiger partial charge in [-0.05, 0) is 37.3 Å². The molecule has 0 N–H and O–H groups in total. The fraction of sp³-hybridized carbons (Fsp3) is 0.176. The van der Waals surface area contributed by atoms with Gasteiger partial charge in [0, 0.05) is 12.2 Å². The first kappa shape index (κ1) is 16.1. The molecule has 0 saturated heterocycles. The first-order chi connectivity index (χ1) is 11.7. The van der Waals surface area contributed by atoms with E-state index in [4.69, 9.17) is 4.74 Å². The number of hydrogen-bond acceptors (Lipinski definition) is 6. The zero-order valence-corrected chi connectivity index (χ0v) is 13.8. The minimum absolute atomic E-state index is 0.270. The van der Waals surface area contributed by atoms with Crippen molar-refractivity contribution in [3.63, 3.8) is 0 Å². The summed E-state index contributed by atoms with van der Waals surface area (Å²) < 4.78 is 13.3. The number of para-hydroxylation sites is 1. The van der Waals surface area contributed by atoms with E-state index >= 15 is 0 Å². The number of hydrogen-bond donors (Lipinski definition) is 0. The van der Waals surface area contributed by atoms with Gasteiger partial charge in [0.1, 0.15) is 11.0 Å². The molecule has 0 atom stereocenters. The number of carbonyl (C=O) groups excluding carboxylic acids is 2. The second kappa shape index (κ2) is 7.18. The Morgan fingerprint density at radius 3 is 2.58 bits per heavy atom. The highest BCUT2D eigenvalue weighted by atomic mass is 32.1. The number of anilines is 1. The molecule has 0 saturated carbocycles. The van der Waals surface area contributed by atoms with Gasteiger partial charge < -0.3 is 9.64 Å². The van der Waals surface area contributed by atoms with Crippen LogP contribution >= 0.6 is 11.7 Å². The van der Waals surface area contributed by atoms with Crippen LogP contribution < -0.4 is 4.90 Å². The number of carbonyl (C=O) groups is 2. The molecule has 6 nitrogen and oxygen atoms in total. The summed E-state index contributed by atoms with van der Waals surface area (Å²) in [7, 11) is 0. The molecule has 0 bridgehead atoms. The van der Waals surface area contributed by atoms with Gasteiger partial charge in [0.05, 0.1) is 17.3 Å². The highest BCUT2D eigenvalue weighted by molar-refractivity contribution is 7.00. The maximum atomic E-state index is 12.3. The van der Waals surface area contributed by atoms with E-state index in [9.17, 15) is 9.59 Å². The normalized spacial score (nSPS) is 10.5. The number of amides is 1. The quantitative estimate of drug-likeness (QED) is 0.667. The van der Waals surface area contributed by atoms with Crippen molar-refractivity contribution in [1.82, 2.24) is 8.75 Å². The first-order valence-corrected chi connectivity index (χ1v) is 8.17. The summed E-state index contributed by atoms with van der Waals surface area (Å²) >= 11 is 1.08. The molecular formula is C17H15N3O3S. The molecule has 3 rings (SSSR count). The van der Waals surface area contributed by atoms with Crippen LogP contribution in [0.3, 0.4) is 0 Å². The number of aromatic nitrogens is 2. The Balaban J connectivity index is 1.65. The van der Waals surface area contributed by atoms with E-state index in [1.807, 2.05) is 37.3 Å². The van der Waals surface area contributed by atoms with Crippen LogP contribution in [0, 0.1) is 0 Å². The molecule has 0 aliphatic carbocycles. The third-order valence-electron chi connectivity index (χ3n) is 3.50. The average Bonchev–Trinajstić information content (AvgIpc) is 3.09. The second-order valence-electron chi connectivity index (χ2n) is 5.02. The molecule has 3 aromatic rings. The molecule has 1 aromatic heterocycles. The van der Waals surface area contributed by atoms with Crippen molar-refractivity contribution >= 4 is 40.3 Å². The maximum absolute atomic E-state index is 12.3. The largest absolute Gasteiger partial charge is 0.452 e. The van der Waals surface area contributed by atoms with E-state index in [0.29, 0.717) is 17.6 Å². The molecule has 122 valence electrons. The van der Waals surface area contributed by atoms with E-state index in [0.717, 1.165) is 22.9 Å². The van der Waals surface area contributed by atoms with Gasteiger partial charge in [-0.3, -0.25) is 4.79 Å². The lowest BCUT2D eigenvalue weighted by molar-refractivity contribution is -0.121. The Morgan fingerprint density at radius 2 is 1.83 bits per heavy atom. The molecule has 0 aliphatic rings. The Bertz CT molecular complexity index is 864. The molecular weight excluding hydrogens is 326 g/mol. The predicted molar refractivity (Wildman–Crippen MR) is 92.2 cm³/mol. The highest BCUT2D eigenvalue weighted by Crippen LogP contribution is 2.15. The standard InChI is InChI=1S/C17H15N3O3S/c1-2-20(13-6-4-3-5-7-13)16(21)11-23-17(22)12-8-9-14-15(10-12)19-24-18-14/h3-10H,2,11H2,1H3. The molecule has 0 fully saturated rings. The summed E-state index contributed by atoms with van der Waals surface area (Å²) in [5.41, 5.74) is 2.50. The van der Waals surface area contributed by atoms with E-state index in [-0.39, 0.29) is 12.5 Å². The van der Waals surface area contributed by atoms with Crippen molar-refractivity contribution in [2.45, 2.75) is 6.92 Å². The van der Waals surface area contributed by atoms with Crippen LogP contribution in [0.4, 0.5) is 5.69 Å². The number of fused-ring (bicyclic) bond motifs is 1. The first-order valence-electron chi connectivity index (χ1n) is 7.44. The summed E-state index contributed by atoms with van der Waals surface area (Å²) in [6.07, 6.45) is 0. The number of benzene rings is 2. The molecule has 0 spiro atoms. The van der Waals surface area contributed by atoms with Crippen molar-refractivity contribution in [1.29, 1.82) is 0 Å². The maximum Gasteiger partial charge on any atom is 0.338 e. The molecule has 7 heteroatoms. The smallest absolute Gasteiger partial charge is 0.338 e. The fourth-order valence-electron chi connectivity index (χ4n) is 2.31. The third kappa shape index (κ3) is 3.41. The summed E-state index contributed by atoms with van der Waals surface area (Å²) in [5.74, 6) is -0.823. The van der Waals surface area contributed by atoms with Crippen molar-refractivity contribution in [2.75, 3.05) is 18.1 Å². The molecule has 0 unspecified atom stereocenters. The van der Waals surface area contributed by atoms with Crippen molar-refractivity contribution in [2.24, 2.45) is 0 Å². The van der Waals surface area contributed by atoms with E-state index in [1.165, 1.54) is 0 Å². The Labute approximate surface area is 143 Å². The van der Waals surface area contributed by atoms with Gasteiger partial charge in [-0.15, -0.1) is 0 Å². The van der Waals surface area contributed by atoms with Gasteiger partial charge >= 0.3 is 5.97 Å². The van der Waals surface area contributed by atoms with Crippen LogP contribution in [-0.2, 0) is 9.53 Å². The zero-order chi connectivity index (χ0) is 16.9. The summed E-state index contributed by atoms with van der Waals surface area (Å²) in [6, 6.07) is 14.2. The topological polar surface area (TPSA) is 72.4 Å². The highest BCUT2D eigenvalue weighted by Gasteiger charge is 2.17. The summed E-state index contributed by atoms with van der Waals surface area (Å²) in [5, 5.41) is 0. The van der Waals surface area contributed by atoms with Gasteiger partial charge in [0.2, 0.25) is 0 Å². The number of esters is 1. The SMILES string of the molecule is CCN(C(=O)COC(=O)c1ccc2nsnc2c1)c1ccccc1. The van der Waals surface area contributed by atoms with E-state index in [1.54, 1.807) is 23.1 Å². The third-order valence-corrected chi connectivity index (χ3v) is 4.06. The minimum atomic E-state index is -0.553.